The van der Waals surface area contributed by atoms with E-state index in [0.29, 0.717) is 35.9 Å². The van der Waals surface area contributed by atoms with Crippen LogP contribution in [-0.4, -0.2) is 35.8 Å². The summed E-state index contributed by atoms with van der Waals surface area (Å²) in [5.74, 6) is 1.19. The first kappa shape index (κ1) is 30.3. The van der Waals surface area contributed by atoms with E-state index < -0.39 is 5.60 Å². The molecule has 1 aliphatic carbocycles. The highest BCUT2D eigenvalue weighted by Crippen LogP contribution is 2.48. The number of carbonyl (C=O) groups excluding carboxylic acids is 2. The first-order chi connectivity index (χ1) is 21.1. The van der Waals surface area contributed by atoms with Crippen molar-refractivity contribution < 1.29 is 28.5 Å². The number of methoxy groups -OCH3 is 1. The van der Waals surface area contributed by atoms with Crippen LogP contribution < -0.4 is 9.47 Å². The summed E-state index contributed by atoms with van der Waals surface area (Å²) in [6.45, 7) is 6.98. The predicted octanol–water partition coefficient (Wildman–Crippen LogP) is 8.83. The molecule has 7 nitrogen and oxygen atoms in total. The number of benzene rings is 3. The maximum atomic E-state index is 12.6. The lowest BCUT2D eigenvalue weighted by Gasteiger charge is -2.23. The summed E-state index contributed by atoms with van der Waals surface area (Å²) in [7, 11) is 1.42. The van der Waals surface area contributed by atoms with Gasteiger partial charge in [0.1, 0.15) is 30.3 Å². The van der Waals surface area contributed by atoms with Crippen LogP contribution in [0.4, 0.5) is 0 Å². The Bertz CT molecular complexity index is 1730. The largest absolute Gasteiger partial charge is 0.491 e. The molecule has 0 saturated heterocycles. The normalized spacial score (nSPS) is 15.1. The van der Waals surface area contributed by atoms with Crippen LogP contribution in [0.1, 0.15) is 90.6 Å². The van der Waals surface area contributed by atoms with Gasteiger partial charge in [-0.2, -0.15) is 0 Å². The van der Waals surface area contributed by atoms with Gasteiger partial charge in [-0.25, -0.2) is 9.59 Å². The van der Waals surface area contributed by atoms with Crippen LogP contribution in [0.25, 0.3) is 22.2 Å². The molecule has 0 amide bonds. The van der Waals surface area contributed by atoms with Crippen molar-refractivity contribution in [2.24, 2.45) is 0 Å². The van der Waals surface area contributed by atoms with Crippen molar-refractivity contribution in [3.8, 4) is 22.8 Å². The predicted molar refractivity (Wildman–Crippen MR) is 174 cm³/mol. The minimum atomic E-state index is -0.575. The van der Waals surface area contributed by atoms with E-state index in [0.717, 1.165) is 39.7 Å². The van der Waals surface area contributed by atoms with Crippen LogP contribution in [0.5, 0.6) is 11.5 Å². The number of nitrogens with zero attached hydrogens (tertiary/aromatic N) is 1. The Morgan fingerprint density at radius 2 is 1.70 bits per heavy atom. The Labute approximate surface area is 266 Å². The molecule has 0 spiro atoms. The summed E-state index contributed by atoms with van der Waals surface area (Å²) in [6.07, 6.45) is 6.02. The molecule has 0 radical (unpaired) electrons. The molecule has 1 aliphatic heterocycles. The third-order valence-electron chi connectivity index (χ3n) is 8.39. The van der Waals surface area contributed by atoms with Gasteiger partial charge in [0, 0.05) is 32.6 Å². The van der Waals surface area contributed by atoms with Gasteiger partial charge in [0.15, 0.2) is 0 Å². The molecule has 0 N–H and O–H groups in total. The Kier molecular flexibility index (Phi) is 8.46. The van der Waals surface area contributed by atoms with E-state index in [-0.39, 0.29) is 18.5 Å². The molecule has 44 heavy (non-hydrogen) atoms. The number of aromatic nitrogens is 1. The molecule has 1 saturated carbocycles. The zero-order chi connectivity index (χ0) is 31.0. The van der Waals surface area contributed by atoms with Gasteiger partial charge in [0.25, 0.3) is 0 Å². The molecule has 6 rings (SSSR count). The van der Waals surface area contributed by atoms with Crippen LogP contribution in [0.2, 0.25) is 0 Å². The summed E-state index contributed by atoms with van der Waals surface area (Å²) in [6, 6.07) is 17.3. The molecule has 1 fully saturated rings. The fourth-order valence-electron chi connectivity index (χ4n) is 6.41. The minimum Gasteiger partial charge on any atom is -0.491 e. The molecule has 3 aromatic carbocycles. The number of hydrogen-bond donors (Lipinski definition) is 0. The van der Waals surface area contributed by atoms with Crippen LogP contribution in [0.15, 0.2) is 59.1 Å². The molecular formula is C36H38BrNO6. The van der Waals surface area contributed by atoms with Crippen LogP contribution >= 0.6 is 15.9 Å². The van der Waals surface area contributed by atoms with Crippen LogP contribution in [0, 0.1) is 0 Å². The maximum Gasteiger partial charge on any atom is 0.338 e. The molecule has 2 heterocycles. The quantitative estimate of drug-likeness (QED) is 0.193. The van der Waals surface area contributed by atoms with Crippen molar-refractivity contribution in [2.45, 2.75) is 77.5 Å². The van der Waals surface area contributed by atoms with Gasteiger partial charge in [0.05, 0.1) is 30.5 Å². The van der Waals surface area contributed by atoms with E-state index in [1.807, 2.05) is 51.1 Å². The topological polar surface area (TPSA) is 76.0 Å². The number of esters is 2. The fourth-order valence-corrected chi connectivity index (χ4v) is 6.77. The summed E-state index contributed by atoms with van der Waals surface area (Å²) >= 11 is 3.60. The van der Waals surface area contributed by atoms with E-state index in [4.69, 9.17) is 18.9 Å². The van der Waals surface area contributed by atoms with Crippen molar-refractivity contribution in [3.05, 3.63) is 81.3 Å². The first-order valence-corrected chi connectivity index (χ1v) is 16.1. The molecule has 0 unspecified atom stereocenters. The van der Waals surface area contributed by atoms with Gasteiger partial charge in [-0.15, -0.1) is 0 Å². The minimum absolute atomic E-state index is 0.264. The van der Waals surface area contributed by atoms with Crippen molar-refractivity contribution in [3.63, 3.8) is 0 Å². The molecule has 4 aromatic rings. The standard InChI is InChI=1S/C36H38BrNO6/c1-36(2,3)44-35(40)23-11-15-29(37)25(18-23)21-43-26-12-14-28-31(20-26)42-17-16-38-30-19-24(34(39)41-4)10-13-27(30)32(33(28)38)22-8-6-5-7-9-22/h10-15,18-20,22H,5-9,16-17,21H2,1-4H3. The number of ether oxygens (including phenoxy) is 4. The lowest BCUT2D eigenvalue weighted by molar-refractivity contribution is 0.00691. The van der Waals surface area contributed by atoms with Gasteiger partial charge >= 0.3 is 11.9 Å². The molecule has 0 bridgehead atoms. The molecule has 2 aliphatic rings. The highest BCUT2D eigenvalue weighted by atomic mass is 79.9. The lowest BCUT2D eigenvalue weighted by atomic mass is 9.81. The molecule has 230 valence electrons. The highest BCUT2D eigenvalue weighted by Gasteiger charge is 2.30. The Morgan fingerprint density at radius 1 is 0.955 bits per heavy atom. The summed E-state index contributed by atoms with van der Waals surface area (Å²) < 4.78 is 26.3. The second-order valence-electron chi connectivity index (χ2n) is 12.6. The van der Waals surface area contributed by atoms with Crippen molar-refractivity contribution in [2.75, 3.05) is 13.7 Å². The van der Waals surface area contributed by atoms with Gasteiger partial charge in [0.2, 0.25) is 0 Å². The van der Waals surface area contributed by atoms with E-state index >= 15 is 0 Å². The smallest absolute Gasteiger partial charge is 0.338 e. The van der Waals surface area contributed by atoms with E-state index in [1.165, 1.54) is 43.0 Å². The third-order valence-corrected chi connectivity index (χ3v) is 9.17. The lowest BCUT2D eigenvalue weighted by Crippen LogP contribution is -2.24. The average molecular weight is 661 g/mol. The zero-order valence-electron chi connectivity index (χ0n) is 25.7. The Hall–Kier alpha value is -3.78. The van der Waals surface area contributed by atoms with Crippen molar-refractivity contribution >= 4 is 38.8 Å². The Balaban J connectivity index is 1.34. The van der Waals surface area contributed by atoms with E-state index in [1.54, 1.807) is 12.1 Å². The van der Waals surface area contributed by atoms with Crippen LogP contribution in [-0.2, 0) is 22.6 Å². The molecule has 0 atom stereocenters. The molecule has 8 heteroatoms. The molecule has 1 aromatic heterocycles. The second-order valence-corrected chi connectivity index (χ2v) is 13.4. The van der Waals surface area contributed by atoms with E-state index in [2.05, 4.69) is 32.6 Å². The molecular weight excluding hydrogens is 622 g/mol. The monoisotopic (exact) mass is 659 g/mol. The van der Waals surface area contributed by atoms with Crippen molar-refractivity contribution in [1.29, 1.82) is 0 Å². The highest BCUT2D eigenvalue weighted by molar-refractivity contribution is 9.10. The van der Waals surface area contributed by atoms with Gasteiger partial charge in [-0.1, -0.05) is 41.3 Å². The average Bonchev–Trinajstić information content (AvgIpc) is 3.21. The van der Waals surface area contributed by atoms with Gasteiger partial charge in [-0.3, -0.25) is 0 Å². The SMILES string of the molecule is COC(=O)c1ccc2c(C3CCCCC3)c3n(c2c1)CCOc1cc(OCc2cc(C(=O)OC(C)(C)C)ccc2Br)ccc1-3. The summed E-state index contributed by atoms with van der Waals surface area (Å²) in [4.78, 5) is 25.1. The number of hydrogen-bond acceptors (Lipinski definition) is 6. The van der Waals surface area contributed by atoms with Crippen molar-refractivity contribution in [1.82, 2.24) is 4.57 Å². The van der Waals surface area contributed by atoms with Gasteiger partial charge in [-0.05, 0) is 87.6 Å². The number of fused-ring (bicyclic) bond motifs is 5. The van der Waals surface area contributed by atoms with Gasteiger partial charge < -0.3 is 23.5 Å². The summed E-state index contributed by atoms with van der Waals surface area (Å²) in [5, 5.41) is 1.20. The zero-order valence-corrected chi connectivity index (χ0v) is 27.3. The second kappa shape index (κ2) is 12.3. The van der Waals surface area contributed by atoms with Crippen LogP contribution in [0.3, 0.4) is 0 Å². The van der Waals surface area contributed by atoms with E-state index in [9.17, 15) is 9.59 Å². The Morgan fingerprint density at radius 3 is 2.45 bits per heavy atom. The number of carbonyl (C=O) groups is 2. The number of rotatable bonds is 6. The third kappa shape index (κ3) is 6.09. The maximum absolute atomic E-state index is 12.6. The number of halogens is 1. The summed E-state index contributed by atoms with van der Waals surface area (Å²) in [5.41, 5.74) is 5.87. The fraction of sp³-hybridized carbons (Fsp3) is 0.389. The first-order valence-electron chi connectivity index (χ1n) is 15.3.